The molecule has 0 saturated heterocycles. The molecule has 0 heterocycles. The van der Waals surface area contributed by atoms with Gasteiger partial charge < -0.3 is 4.90 Å². The Kier molecular flexibility index (Phi) is 6.10. The molecule has 0 amide bonds. The van der Waals surface area contributed by atoms with Gasteiger partial charge in [0.2, 0.25) is 0 Å². The molecule has 3 aromatic rings. The number of para-hydroxylation sites is 3. The Bertz CT molecular complexity index is 814. The molecular formula is C24H19NO2. The van der Waals surface area contributed by atoms with Gasteiger partial charge in [-0.1, -0.05) is 54.6 Å². The van der Waals surface area contributed by atoms with Crippen molar-refractivity contribution in [3.05, 3.63) is 115 Å². The monoisotopic (exact) mass is 353 g/mol. The van der Waals surface area contributed by atoms with Gasteiger partial charge in [-0.25, -0.2) is 0 Å². The minimum atomic E-state index is -0.121. The second-order valence-electron chi connectivity index (χ2n) is 5.81. The number of anilines is 3. The van der Waals surface area contributed by atoms with Crippen molar-refractivity contribution >= 4 is 28.6 Å². The Labute approximate surface area is 158 Å². The molecule has 1 aliphatic rings. The van der Waals surface area contributed by atoms with Crippen LogP contribution in [0.5, 0.6) is 0 Å². The Morgan fingerprint density at radius 1 is 0.407 bits per heavy atom. The second kappa shape index (κ2) is 9.11. The van der Waals surface area contributed by atoms with E-state index in [0.717, 1.165) is 0 Å². The fourth-order valence-corrected chi connectivity index (χ4v) is 2.62. The third-order valence-electron chi connectivity index (χ3n) is 3.87. The van der Waals surface area contributed by atoms with Crippen molar-refractivity contribution in [3.8, 4) is 0 Å². The van der Waals surface area contributed by atoms with Crippen LogP contribution in [0.1, 0.15) is 0 Å². The van der Waals surface area contributed by atoms with Crippen LogP contribution in [-0.2, 0) is 9.59 Å². The molecule has 3 aromatic carbocycles. The molecule has 3 heteroatoms. The summed E-state index contributed by atoms with van der Waals surface area (Å²) < 4.78 is 0. The fourth-order valence-electron chi connectivity index (χ4n) is 2.62. The lowest BCUT2D eigenvalue weighted by molar-refractivity contribution is -0.113. The van der Waals surface area contributed by atoms with Crippen LogP contribution >= 0.6 is 0 Å². The molecule has 27 heavy (non-hydrogen) atoms. The molecular weight excluding hydrogens is 334 g/mol. The molecule has 0 saturated carbocycles. The molecule has 3 nitrogen and oxygen atoms in total. The first kappa shape index (κ1) is 18.1. The number of rotatable bonds is 3. The van der Waals surface area contributed by atoms with Crippen LogP contribution < -0.4 is 4.90 Å². The number of hydrogen-bond donors (Lipinski definition) is 0. The summed E-state index contributed by atoms with van der Waals surface area (Å²) >= 11 is 0. The number of benzene rings is 3. The van der Waals surface area contributed by atoms with Crippen molar-refractivity contribution in [2.75, 3.05) is 4.90 Å². The molecule has 0 unspecified atom stereocenters. The average molecular weight is 353 g/mol. The second-order valence-corrected chi connectivity index (χ2v) is 5.81. The summed E-state index contributed by atoms with van der Waals surface area (Å²) in [5, 5.41) is 0. The number of carbonyl (C=O) groups excluding carboxylic acids is 2. The zero-order valence-electron chi connectivity index (χ0n) is 14.7. The maximum absolute atomic E-state index is 10.3. The number of ketones is 2. The van der Waals surface area contributed by atoms with Crippen LogP contribution in [0.4, 0.5) is 17.1 Å². The summed E-state index contributed by atoms with van der Waals surface area (Å²) in [5.74, 6) is -0.241. The first-order valence-corrected chi connectivity index (χ1v) is 8.63. The zero-order chi connectivity index (χ0) is 18.9. The molecule has 0 atom stereocenters. The first-order valence-electron chi connectivity index (χ1n) is 8.63. The van der Waals surface area contributed by atoms with Gasteiger partial charge >= 0.3 is 0 Å². The van der Waals surface area contributed by atoms with Crippen LogP contribution in [0.25, 0.3) is 0 Å². The van der Waals surface area contributed by atoms with E-state index >= 15 is 0 Å². The Hall–Kier alpha value is -3.72. The van der Waals surface area contributed by atoms with E-state index in [4.69, 9.17) is 0 Å². The van der Waals surface area contributed by atoms with E-state index in [1.807, 2.05) is 18.2 Å². The van der Waals surface area contributed by atoms with Gasteiger partial charge in [-0.05, 0) is 60.7 Å². The minimum Gasteiger partial charge on any atom is -0.311 e. The van der Waals surface area contributed by atoms with E-state index in [0.29, 0.717) is 0 Å². The maximum atomic E-state index is 10.3. The normalized spacial score (nSPS) is 12.3. The van der Waals surface area contributed by atoms with Crippen molar-refractivity contribution in [3.63, 3.8) is 0 Å². The van der Waals surface area contributed by atoms with E-state index in [1.165, 1.54) is 41.4 Å². The Balaban J connectivity index is 0.000000221. The van der Waals surface area contributed by atoms with Crippen LogP contribution in [0.2, 0.25) is 0 Å². The Morgan fingerprint density at radius 3 is 0.926 bits per heavy atom. The molecule has 0 bridgehead atoms. The average Bonchev–Trinajstić information content (AvgIpc) is 2.73. The summed E-state index contributed by atoms with van der Waals surface area (Å²) in [4.78, 5) is 22.8. The third-order valence-corrected chi connectivity index (χ3v) is 3.87. The predicted octanol–water partition coefficient (Wildman–Crippen LogP) is 5.41. The highest BCUT2D eigenvalue weighted by Crippen LogP contribution is 2.33. The van der Waals surface area contributed by atoms with Crippen LogP contribution in [-0.4, -0.2) is 11.6 Å². The molecule has 0 spiro atoms. The summed E-state index contributed by atoms with van der Waals surface area (Å²) in [5.41, 5.74) is 3.50. The van der Waals surface area contributed by atoms with Gasteiger partial charge in [-0.2, -0.15) is 0 Å². The molecule has 0 aliphatic heterocycles. The molecule has 1 aliphatic carbocycles. The highest BCUT2D eigenvalue weighted by atomic mass is 16.1. The fraction of sp³-hybridized carbons (Fsp3) is 0. The number of hydrogen-bond acceptors (Lipinski definition) is 3. The van der Waals surface area contributed by atoms with Gasteiger partial charge in [0.25, 0.3) is 0 Å². The topological polar surface area (TPSA) is 37.4 Å². The molecule has 0 radical (unpaired) electrons. The van der Waals surface area contributed by atoms with E-state index in [9.17, 15) is 9.59 Å². The molecule has 0 N–H and O–H groups in total. The first-order chi connectivity index (χ1) is 13.2. The third kappa shape index (κ3) is 5.13. The van der Waals surface area contributed by atoms with Gasteiger partial charge in [-0.15, -0.1) is 0 Å². The van der Waals surface area contributed by atoms with Crippen molar-refractivity contribution in [2.45, 2.75) is 0 Å². The van der Waals surface area contributed by atoms with Gasteiger partial charge in [0.05, 0.1) is 0 Å². The van der Waals surface area contributed by atoms with Crippen LogP contribution in [0.3, 0.4) is 0 Å². The standard InChI is InChI=1S/C18H15N.C6H4O2/c1-4-10-16(11-5-1)19(17-12-6-2-7-13-17)18-14-8-3-9-15-18;7-5-1-2-6(8)4-3-5/h1-15H;1-4H. The number of allylic oxidation sites excluding steroid dienone is 4. The molecule has 0 fully saturated rings. The summed E-state index contributed by atoms with van der Waals surface area (Å²) in [6.45, 7) is 0. The van der Waals surface area contributed by atoms with Gasteiger partial charge in [-0.3, -0.25) is 9.59 Å². The van der Waals surface area contributed by atoms with Gasteiger partial charge in [0.1, 0.15) is 0 Å². The highest BCUT2D eigenvalue weighted by molar-refractivity contribution is 6.14. The molecule has 132 valence electrons. The van der Waals surface area contributed by atoms with Gasteiger partial charge in [0, 0.05) is 17.1 Å². The van der Waals surface area contributed by atoms with E-state index in [-0.39, 0.29) is 11.6 Å². The summed E-state index contributed by atoms with van der Waals surface area (Å²) in [6, 6.07) is 31.3. The predicted molar refractivity (Wildman–Crippen MR) is 109 cm³/mol. The SMILES string of the molecule is O=C1C=CC(=O)C=C1.c1ccc(N(c2ccccc2)c2ccccc2)cc1. The summed E-state index contributed by atoms with van der Waals surface area (Å²) in [7, 11) is 0. The van der Waals surface area contributed by atoms with Crippen molar-refractivity contribution < 1.29 is 9.59 Å². The van der Waals surface area contributed by atoms with E-state index in [2.05, 4.69) is 77.7 Å². The van der Waals surface area contributed by atoms with Crippen LogP contribution in [0, 0.1) is 0 Å². The lowest BCUT2D eigenvalue weighted by Gasteiger charge is -2.25. The van der Waals surface area contributed by atoms with Gasteiger partial charge in [0.15, 0.2) is 11.6 Å². The molecule has 4 rings (SSSR count). The summed E-state index contributed by atoms with van der Waals surface area (Å²) in [6.07, 6.45) is 5.01. The number of carbonyl (C=O) groups is 2. The lowest BCUT2D eigenvalue weighted by atomic mass is 10.2. The Morgan fingerprint density at radius 2 is 0.667 bits per heavy atom. The lowest BCUT2D eigenvalue weighted by Crippen LogP contribution is -2.09. The van der Waals surface area contributed by atoms with E-state index < -0.39 is 0 Å². The van der Waals surface area contributed by atoms with Crippen molar-refractivity contribution in [2.24, 2.45) is 0 Å². The van der Waals surface area contributed by atoms with Crippen LogP contribution in [0.15, 0.2) is 115 Å². The smallest absolute Gasteiger partial charge is 0.178 e. The zero-order valence-corrected chi connectivity index (χ0v) is 14.7. The molecule has 0 aromatic heterocycles. The van der Waals surface area contributed by atoms with E-state index in [1.54, 1.807) is 0 Å². The number of nitrogens with zero attached hydrogens (tertiary/aromatic N) is 1. The maximum Gasteiger partial charge on any atom is 0.178 e. The van der Waals surface area contributed by atoms with Crippen molar-refractivity contribution in [1.29, 1.82) is 0 Å². The highest BCUT2D eigenvalue weighted by Gasteiger charge is 2.10. The minimum absolute atomic E-state index is 0.121. The van der Waals surface area contributed by atoms with Crippen molar-refractivity contribution in [1.82, 2.24) is 0 Å². The largest absolute Gasteiger partial charge is 0.311 e. The quantitative estimate of drug-likeness (QED) is 0.591.